The number of alkyl halides is 1. The monoisotopic (exact) mass is 376 g/mol. The maximum Gasteiger partial charge on any atom is 0.0373 e. The van der Waals surface area contributed by atoms with E-state index in [9.17, 15) is 0 Å². The Morgan fingerprint density at radius 1 is 1.08 bits per heavy atom. The lowest BCUT2D eigenvalue weighted by molar-refractivity contribution is -0.0141. The molecule has 0 aromatic heterocycles. The molecule has 0 saturated heterocycles. The second kappa shape index (κ2) is 7.81. The highest BCUT2D eigenvalue weighted by atomic mass is 35.5. The van der Waals surface area contributed by atoms with Gasteiger partial charge in [0.15, 0.2) is 0 Å². The van der Waals surface area contributed by atoms with Crippen LogP contribution in [-0.4, -0.2) is 5.38 Å². The van der Waals surface area contributed by atoms with Crippen LogP contribution in [0.15, 0.2) is 11.6 Å². The van der Waals surface area contributed by atoms with Crippen LogP contribution in [0.3, 0.4) is 0 Å². The van der Waals surface area contributed by atoms with Crippen LogP contribution < -0.4 is 0 Å². The lowest BCUT2D eigenvalue weighted by Gasteiger charge is -2.54. The normalized spacial score (nSPS) is 45.0. The summed E-state index contributed by atoms with van der Waals surface area (Å²) in [5, 5.41) is 0.421. The van der Waals surface area contributed by atoms with Crippen LogP contribution >= 0.6 is 11.6 Å². The highest BCUT2D eigenvalue weighted by molar-refractivity contribution is 6.20. The minimum Gasteiger partial charge on any atom is -0.123 e. The molecule has 0 aromatic carbocycles. The van der Waals surface area contributed by atoms with Gasteiger partial charge in [0.2, 0.25) is 0 Å². The SMILES string of the molecule is CC(C)CCCCC1CCC2C3CC=C4CC(Cl)CCC4C3CCC12C. The minimum absolute atomic E-state index is 0.421. The Hall–Kier alpha value is 0.0300. The summed E-state index contributed by atoms with van der Waals surface area (Å²) in [5.41, 5.74) is 2.41. The summed E-state index contributed by atoms with van der Waals surface area (Å²) in [4.78, 5) is 0. The largest absolute Gasteiger partial charge is 0.123 e. The maximum absolute atomic E-state index is 6.48. The van der Waals surface area contributed by atoms with E-state index < -0.39 is 0 Å². The summed E-state index contributed by atoms with van der Waals surface area (Å²) in [5.74, 6) is 5.81. The van der Waals surface area contributed by atoms with Crippen LogP contribution in [0.4, 0.5) is 0 Å². The van der Waals surface area contributed by atoms with E-state index in [4.69, 9.17) is 11.6 Å². The summed E-state index contributed by atoms with van der Waals surface area (Å²) in [7, 11) is 0. The lowest BCUT2D eigenvalue weighted by atomic mass is 9.51. The topological polar surface area (TPSA) is 0 Å². The van der Waals surface area contributed by atoms with Gasteiger partial charge in [-0.15, -0.1) is 11.6 Å². The van der Waals surface area contributed by atoms with E-state index in [0.29, 0.717) is 10.8 Å². The summed E-state index contributed by atoms with van der Waals surface area (Å²) >= 11 is 6.48. The van der Waals surface area contributed by atoms with E-state index in [-0.39, 0.29) is 0 Å². The number of allylic oxidation sites excluding steroid dienone is 2. The van der Waals surface area contributed by atoms with Crippen LogP contribution in [0.1, 0.15) is 97.8 Å². The fraction of sp³-hybridized carbons (Fsp3) is 0.920. The predicted molar refractivity (Wildman–Crippen MR) is 114 cm³/mol. The maximum atomic E-state index is 6.48. The second-order valence-electron chi connectivity index (χ2n) is 10.9. The fourth-order valence-corrected chi connectivity index (χ4v) is 8.05. The highest BCUT2D eigenvalue weighted by Crippen LogP contribution is 2.64. The number of hydrogen-bond donors (Lipinski definition) is 0. The van der Waals surface area contributed by atoms with E-state index in [1.807, 2.05) is 0 Å². The van der Waals surface area contributed by atoms with Crippen LogP contribution in [-0.2, 0) is 0 Å². The molecule has 1 heteroatoms. The van der Waals surface area contributed by atoms with Gasteiger partial charge >= 0.3 is 0 Å². The summed E-state index contributed by atoms with van der Waals surface area (Å²) < 4.78 is 0. The van der Waals surface area contributed by atoms with Crippen molar-refractivity contribution in [2.75, 3.05) is 0 Å². The Labute approximate surface area is 167 Å². The third-order valence-electron chi connectivity index (χ3n) is 9.17. The molecule has 0 N–H and O–H groups in total. The average Bonchev–Trinajstić information content (AvgIpc) is 2.94. The molecule has 0 amide bonds. The molecule has 4 rings (SSSR count). The first kappa shape index (κ1) is 19.4. The first-order valence-electron chi connectivity index (χ1n) is 11.8. The quantitative estimate of drug-likeness (QED) is 0.259. The van der Waals surface area contributed by atoms with Crippen LogP contribution in [0.5, 0.6) is 0 Å². The van der Waals surface area contributed by atoms with Crippen molar-refractivity contribution in [3.8, 4) is 0 Å². The van der Waals surface area contributed by atoms with Crippen molar-refractivity contribution >= 4 is 11.6 Å². The molecule has 0 heterocycles. The summed E-state index contributed by atoms with van der Waals surface area (Å²) in [6.07, 6.45) is 19.8. The zero-order valence-corrected chi connectivity index (χ0v) is 18.2. The van der Waals surface area contributed by atoms with Crippen molar-refractivity contribution in [3.63, 3.8) is 0 Å². The Morgan fingerprint density at radius 3 is 2.73 bits per heavy atom. The molecule has 7 unspecified atom stereocenters. The van der Waals surface area contributed by atoms with E-state index in [1.165, 1.54) is 77.0 Å². The minimum atomic E-state index is 0.421. The van der Waals surface area contributed by atoms with Crippen LogP contribution in [0.2, 0.25) is 0 Å². The van der Waals surface area contributed by atoms with E-state index in [1.54, 1.807) is 5.57 Å². The number of hydrogen-bond acceptors (Lipinski definition) is 0. The molecule has 3 saturated carbocycles. The lowest BCUT2D eigenvalue weighted by Crippen LogP contribution is -2.46. The first-order valence-corrected chi connectivity index (χ1v) is 12.3. The van der Waals surface area contributed by atoms with Crippen molar-refractivity contribution in [2.45, 2.75) is 103 Å². The molecule has 0 radical (unpaired) electrons. The van der Waals surface area contributed by atoms with Gasteiger partial charge in [-0.05, 0) is 98.7 Å². The molecular weight excluding hydrogens is 336 g/mol. The van der Waals surface area contributed by atoms with Gasteiger partial charge in [0.1, 0.15) is 0 Å². The summed E-state index contributed by atoms with van der Waals surface area (Å²) in [6, 6.07) is 0. The third-order valence-corrected chi connectivity index (χ3v) is 9.54. The van der Waals surface area contributed by atoms with E-state index in [2.05, 4.69) is 26.8 Å². The van der Waals surface area contributed by atoms with Gasteiger partial charge in [0.25, 0.3) is 0 Å². The first-order chi connectivity index (χ1) is 12.5. The molecule has 4 aliphatic carbocycles. The molecule has 0 bridgehead atoms. The smallest absolute Gasteiger partial charge is 0.0373 e. The summed E-state index contributed by atoms with van der Waals surface area (Å²) in [6.45, 7) is 7.44. The molecule has 148 valence electrons. The number of halogens is 1. The van der Waals surface area contributed by atoms with Crippen molar-refractivity contribution in [2.24, 2.45) is 40.9 Å². The van der Waals surface area contributed by atoms with E-state index in [0.717, 1.165) is 35.5 Å². The number of fused-ring (bicyclic) bond motifs is 5. The number of unbranched alkanes of at least 4 members (excludes halogenated alkanes) is 1. The molecule has 0 aromatic rings. The van der Waals surface area contributed by atoms with Crippen LogP contribution in [0.25, 0.3) is 0 Å². The zero-order valence-electron chi connectivity index (χ0n) is 17.5. The van der Waals surface area contributed by atoms with Gasteiger partial charge in [-0.25, -0.2) is 0 Å². The Bertz CT molecular complexity index is 520. The van der Waals surface area contributed by atoms with Gasteiger partial charge in [-0.3, -0.25) is 0 Å². The number of rotatable bonds is 5. The van der Waals surface area contributed by atoms with Crippen molar-refractivity contribution in [1.82, 2.24) is 0 Å². The Kier molecular flexibility index (Phi) is 5.81. The molecule has 26 heavy (non-hydrogen) atoms. The highest BCUT2D eigenvalue weighted by Gasteiger charge is 2.55. The van der Waals surface area contributed by atoms with Gasteiger partial charge in [0.05, 0.1) is 0 Å². The molecule has 3 fully saturated rings. The molecule has 0 spiro atoms. The third kappa shape index (κ3) is 3.54. The standard InChI is InChI=1S/C25H41Cl/c1-17(2)6-4-5-7-19-9-13-24-23-11-8-18-16-20(26)10-12-21(18)22(23)14-15-25(19,24)3/h8,17,19-24H,4-7,9-16H2,1-3H3. The second-order valence-corrected chi connectivity index (χ2v) is 11.5. The van der Waals surface area contributed by atoms with Gasteiger partial charge < -0.3 is 0 Å². The molecule has 7 atom stereocenters. The predicted octanol–water partition coefficient (Wildman–Crippen LogP) is 8.00. The van der Waals surface area contributed by atoms with Crippen molar-refractivity contribution in [3.05, 3.63) is 11.6 Å². The Balaban J connectivity index is 1.41. The Morgan fingerprint density at radius 2 is 1.92 bits per heavy atom. The molecule has 0 aliphatic heterocycles. The molecular formula is C25H41Cl. The van der Waals surface area contributed by atoms with Gasteiger partial charge in [-0.2, -0.15) is 0 Å². The molecule has 4 aliphatic rings. The molecule has 0 nitrogen and oxygen atoms in total. The fourth-order valence-electron chi connectivity index (χ4n) is 7.75. The zero-order chi connectivity index (χ0) is 18.3. The van der Waals surface area contributed by atoms with Crippen molar-refractivity contribution in [1.29, 1.82) is 0 Å². The van der Waals surface area contributed by atoms with E-state index >= 15 is 0 Å². The van der Waals surface area contributed by atoms with Crippen LogP contribution in [0, 0.1) is 40.9 Å². The van der Waals surface area contributed by atoms with Gasteiger partial charge in [-0.1, -0.05) is 51.7 Å². The van der Waals surface area contributed by atoms with Gasteiger partial charge in [0, 0.05) is 5.38 Å². The average molecular weight is 377 g/mol. The van der Waals surface area contributed by atoms with Crippen molar-refractivity contribution < 1.29 is 0 Å².